The lowest BCUT2D eigenvalue weighted by molar-refractivity contribution is -0.144. The van der Waals surface area contributed by atoms with Gasteiger partial charge in [-0.05, 0) is 31.0 Å². The van der Waals surface area contributed by atoms with E-state index in [0.29, 0.717) is 6.61 Å². The third-order valence-electron chi connectivity index (χ3n) is 2.08. The Morgan fingerprint density at radius 3 is 2.80 bits per heavy atom. The van der Waals surface area contributed by atoms with Gasteiger partial charge in [0.15, 0.2) is 0 Å². The molecule has 4 heteroatoms. The summed E-state index contributed by atoms with van der Waals surface area (Å²) in [6, 6.07) is 4.88. The molecule has 0 radical (unpaired) electrons. The fourth-order valence-electron chi connectivity index (χ4n) is 1.23. The maximum absolute atomic E-state index is 11.4. The lowest BCUT2D eigenvalue weighted by Crippen LogP contribution is -2.23. The molecule has 0 fully saturated rings. The summed E-state index contributed by atoms with van der Waals surface area (Å²) >= 11 is 3.39. The predicted octanol–water partition coefficient (Wildman–Crippen LogP) is 2.32. The topological polar surface area (TPSA) is 52.3 Å². The van der Waals surface area contributed by atoms with Gasteiger partial charge in [0.05, 0.1) is 6.61 Å². The van der Waals surface area contributed by atoms with Crippen molar-refractivity contribution >= 4 is 21.9 Å². The lowest BCUT2D eigenvalue weighted by Gasteiger charge is -2.11. The van der Waals surface area contributed by atoms with Crippen LogP contribution in [0.1, 0.15) is 24.1 Å². The van der Waals surface area contributed by atoms with Crippen molar-refractivity contribution in [3.05, 3.63) is 33.8 Å². The maximum Gasteiger partial charge on any atom is 0.327 e. The normalized spacial score (nSPS) is 12.3. The highest BCUT2D eigenvalue weighted by atomic mass is 79.9. The molecule has 0 aromatic heterocycles. The van der Waals surface area contributed by atoms with Crippen molar-refractivity contribution in [2.24, 2.45) is 5.73 Å². The SMILES string of the molecule is CCOC(=O)C(N)c1ccc(Br)c(C)c1. The summed E-state index contributed by atoms with van der Waals surface area (Å²) in [6.45, 7) is 4.06. The number of carbonyl (C=O) groups is 1. The number of aryl methyl sites for hydroxylation is 1. The van der Waals surface area contributed by atoms with Gasteiger partial charge in [0.1, 0.15) is 6.04 Å². The number of ether oxygens (including phenoxy) is 1. The second-order valence-corrected chi connectivity index (χ2v) is 4.09. The molecule has 82 valence electrons. The van der Waals surface area contributed by atoms with Gasteiger partial charge in [0.2, 0.25) is 0 Å². The first kappa shape index (κ1) is 12.2. The van der Waals surface area contributed by atoms with E-state index >= 15 is 0 Å². The molecule has 0 bridgehead atoms. The molecule has 1 unspecified atom stereocenters. The first-order valence-corrected chi connectivity index (χ1v) is 5.53. The van der Waals surface area contributed by atoms with E-state index in [1.54, 1.807) is 6.92 Å². The lowest BCUT2D eigenvalue weighted by atomic mass is 10.1. The number of carbonyl (C=O) groups excluding carboxylic acids is 1. The molecule has 2 N–H and O–H groups in total. The fourth-order valence-corrected chi connectivity index (χ4v) is 1.48. The van der Waals surface area contributed by atoms with Crippen LogP contribution in [0.2, 0.25) is 0 Å². The molecule has 1 aromatic carbocycles. The zero-order valence-electron chi connectivity index (χ0n) is 8.79. The zero-order valence-corrected chi connectivity index (χ0v) is 10.4. The molecular formula is C11H14BrNO2. The van der Waals surface area contributed by atoms with Crippen molar-refractivity contribution in [3.63, 3.8) is 0 Å². The molecule has 1 rings (SSSR count). The second-order valence-electron chi connectivity index (χ2n) is 3.24. The molecule has 0 aliphatic heterocycles. The smallest absolute Gasteiger partial charge is 0.327 e. The van der Waals surface area contributed by atoms with Gasteiger partial charge in [0.25, 0.3) is 0 Å². The summed E-state index contributed by atoms with van der Waals surface area (Å²) in [4.78, 5) is 11.4. The van der Waals surface area contributed by atoms with E-state index in [0.717, 1.165) is 15.6 Å². The molecular weight excluding hydrogens is 258 g/mol. The molecule has 1 atom stereocenters. The van der Waals surface area contributed by atoms with E-state index in [2.05, 4.69) is 15.9 Å². The van der Waals surface area contributed by atoms with E-state index in [1.807, 2.05) is 25.1 Å². The first-order chi connectivity index (χ1) is 7.06. The summed E-state index contributed by atoms with van der Waals surface area (Å²) in [5.41, 5.74) is 7.57. The van der Waals surface area contributed by atoms with Crippen LogP contribution < -0.4 is 5.73 Å². The first-order valence-electron chi connectivity index (χ1n) is 4.74. The third kappa shape index (κ3) is 3.04. The molecule has 3 nitrogen and oxygen atoms in total. The number of nitrogens with two attached hydrogens (primary N) is 1. The van der Waals surface area contributed by atoms with E-state index in [4.69, 9.17) is 10.5 Å². The molecule has 0 aliphatic rings. The Balaban J connectivity index is 2.86. The van der Waals surface area contributed by atoms with Gasteiger partial charge in [-0.25, -0.2) is 4.79 Å². The summed E-state index contributed by atoms with van der Waals surface area (Å²) in [7, 11) is 0. The van der Waals surface area contributed by atoms with Gasteiger partial charge in [-0.2, -0.15) is 0 Å². The van der Waals surface area contributed by atoms with Crippen molar-refractivity contribution < 1.29 is 9.53 Å². The minimum Gasteiger partial charge on any atom is -0.465 e. The van der Waals surface area contributed by atoms with E-state index in [-0.39, 0.29) is 5.97 Å². The largest absolute Gasteiger partial charge is 0.465 e. The molecule has 0 aliphatic carbocycles. The van der Waals surface area contributed by atoms with E-state index in [1.165, 1.54) is 0 Å². The van der Waals surface area contributed by atoms with Gasteiger partial charge in [-0.15, -0.1) is 0 Å². The maximum atomic E-state index is 11.4. The Morgan fingerprint density at radius 1 is 1.60 bits per heavy atom. The van der Waals surface area contributed by atoms with Crippen molar-refractivity contribution in [1.29, 1.82) is 0 Å². The second kappa shape index (κ2) is 5.28. The zero-order chi connectivity index (χ0) is 11.4. The van der Waals surface area contributed by atoms with Crippen LogP contribution in [0.3, 0.4) is 0 Å². The molecule has 0 saturated carbocycles. The van der Waals surface area contributed by atoms with Crippen LogP contribution in [0.25, 0.3) is 0 Å². The summed E-state index contributed by atoms with van der Waals surface area (Å²) < 4.78 is 5.85. The van der Waals surface area contributed by atoms with Crippen LogP contribution in [0.5, 0.6) is 0 Å². The van der Waals surface area contributed by atoms with Gasteiger partial charge in [-0.1, -0.05) is 28.1 Å². The van der Waals surface area contributed by atoms with Crippen LogP contribution in [0.15, 0.2) is 22.7 Å². The minimum atomic E-state index is -0.697. The number of benzene rings is 1. The minimum absolute atomic E-state index is 0.349. The van der Waals surface area contributed by atoms with Gasteiger partial charge < -0.3 is 10.5 Å². The number of esters is 1. The van der Waals surface area contributed by atoms with Crippen molar-refractivity contribution in [1.82, 2.24) is 0 Å². The quantitative estimate of drug-likeness (QED) is 0.859. The monoisotopic (exact) mass is 271 g/mol. The Labute approximate surface area is 97.7 Å². The number of halogens is 1. The van der Waals surface area contributed by atoms with E-state index in [9.17, 15) is 4.79 Å². The molecule has 1 aromatic rings. The van der Waals surface area contributed by atoms with Crippen LogP contribution >= 0.6 is 15.9 Å². The molecule has 0 heterocycles. The van der Waals surface area contributed by atoms with Crippen molar-refractivity contribution in [2.75, 3.05) is 6.61 Å². The average Bonchev–Trinajstić information content (AvgIpc) is 2.21. The highest BCUT2D eigenvalue weighted by Gasteiger charge is 2.17. The van der Waals surface area contributed by atoms with Crippen LogP contribution in [-0.2, 0) is 9.53 Å². The Hall–Kier alpha value is -0.870. The van der Waals surface area contributed by atoms with Crippen LogP contribution in [0.4, 0.5) is 0 Å². The van der Waals surface area contributed by atoms with Crippen molar-refractivity contribution in [3.8, 4) is 0 Å². The Bertz CT molecular complexity index is 366. The van der Waals surface area contributed by atoms with E-state index < -0.39 is 6.04 Å². The summed E-state index contributed by atoms with van der Waals surface area (Å²) in [5, 5.41) is 0. The highest BCUT2D eigenvalue weighted by Crippen LogP contribution is 2.20. The number of rotatable bonds is 3. The third-order valence-corrected chi connectivity index (χ3v) is 2.97. The van der Waals surface area contributed by atoms with Gasteiger partial charge in [-0.3, -0.25) is 0 Å². The highest BCUT2D eigenvalue weighted by molar-refractivity contribution is 9.10. The number of hydrogen-bond acceptors (Lipinski definition) is 3. The summed E-state index contributed by atoms with van der Waals surface area (Å²) in [5.74, 6) is -0.390. The average molecular weight is 272 g/mol. The predicted molar refractivity (Wildman–Crippen MR) is 62.4 cm³/mol. The molecule has 0 saturated heterocycles. The van der Waals surface area contributed by atoms with Crippen LogP contribution in [-0.4, -0.2) is 12.6 Å². The van der Waals surface area contributed by atoms with Crippen molar-refractivity contribution in [2.45, 2.75) is 19.9 Å². The number of hydrogen-bond donors (Lipinski definition) is 1. The Morgan fingerprint density at radius 2 is 2.27 bits per heavy atom. The molecule has 15 heavy (non-hydrogen) atoms. The molecule has 0 amide bonds. The standard InChI is InChI=1S/C11H14BrNO2/c1-3-15-11(14)10(13)8-4-5-9(12)7(2)6-8/h4-6,10H,3,13H2,1-2H3. The summed E-state index contributed by atoms with van der Waals surface area (Å²) in [6.07, 6.45) is 0. The van der Waals surface area contributed by atoms with Crippen LogP contribution in [0, 0.1) is 6.92 Å². The fraction of sp³-hybridized carbons (Fsp3) is 0.364. The molecule has 0 spiro atoms. The Kier molecular flexibility index (Phi) is 4.29. The van der Waals surface area contributed by atoms with Gasteiger partial charge in [0, 0.05) is 4.47 Å². The van der Waals surface area contributed by atoms with Gasteiger partial charge >= 0.3 is 5.97 Å².